The lowest BCUT2D eigenvalue weighted by molar-refractivity contribution is 0.180. The first kappa shape index (κ1) is 16.1. The van der Waals surface area contributed by atoms with Gasteiger partial charge >= 0.3 is 7.82 Å². The van der Waals surface area contributed by atoms with Gasteiger partial charge in [-0.2, -0.15) is 0 Å². The Bertz CT molecular complexity index is 194. The topological polar surface area (TPSA) is 66.8 Å². The average molecular weight is 252 g/mol. The summed E-state index contributed by atoms with van der Waals surface area (Å²) in [5, 5.41) is 0. The van der Waals surface area contributed by atoms with Crippen molar-refractivity contribution in [1.29, 1.82) is 0 Å². The maximum atomic E-state index is 10.5. The van der Waals surface area contributed by atoms with E-state index in [1.165, 1.54) is 25.7 Å². The smallest absolute Gasteiger partial charge is 0.303 e. The summed E-state index contributed by atoms with van der Waals surface area (Å²) in [7, 11) is -4.27. The highest BCUT2D eigenvalue weighted by molar-refractivity contribution is 7.46. The fourth-order valence-electron chi connectivity index (χ4n) is 1.76. The first-order valence-corrected chi connectivity index (χ1v) is 7.72. The van der Waals surface area contributed by atoms with Crippen LogP contribution in [0.15, 0.2) is 0 Å². The molecule has 0 rings (SSSR count). The second kappa shape index (κ2) is 9.17. The van der Waals surface area contributed by atoms with Crippen LogP contribution in [0.2, 0.25) is 0 Å². The monoisotopic (exact) mass is 252 g/mol. The van der Waals surface area contributed by atoms with Crippen molar-refractivity contribution in [2.45, 2.75) is 58.8 Å². The van der Waals surface area contributed by atoms with Crippen LogP contribution in [-0.4, -0.2) is 16.4 Å². The molecule has 0 bridgehead atoms. The molecule has 0 aromatic carbocycles. The van der Waals surface area contributed by atoms with Crippen LogP contribution in [0.5, 0.6) is 0 Å². The lowest BCUT2D eigenvalue weighted by atomic mass is 9.93. The van der Waals surface area contributed by atoms with Crippen LogP contribution in [0.25, 0.3) is 0 Å². The summed E-state index contributed by atoms with van der Waals surface area (Å²) in [5.74, 6) is 0.548. The Hall–Kier alpha value is 0.110. The van der Waals surface area contributed by atoms with Crippen molar-refractivity contribution < 1.29 is 18.9 Å². The van der Waals surface area contributed by atoms with Crippen LogP contribution in [0.3, 0.4) is 0 Å². The SMILES string of the molecule is CCCCC(CCCC)CCOP(=O)(O)O. The maximum Gasteiger partial charge on any atom is 0.469 e. The second-order valence-corrected chi connectivity index (χ2v) is 5.50. The fraction of sp³-hybridized carbons (Fsp3) is 1.00. The van der Waals surface area contributed by atoms with Gasteiger partial charge in [-0.25, -0.2) is 4.57 Å². The van der Waals surface area contributed by atoms with Crippen LogP contribution in [0, 0.1) is 5.92 Å². The molecule has 0 unspecified atom stereocenters. The van der Waals surface area contributed by atoms with Gasteiger partial charge in [0.2, 0.25) is 0 Å². The molecule has 0 saturated heterocycles. The minimum Gasteiger partial charge on any atom is -0.303 e. The van der Waals surface area contributed by atoms with Crippen LogP contribution in [0.1, 0.15) is 58.8 Å². The van der Waals surface area contributed by atoms with E-state index >= 15 is 0 Å². The molecule has 2 N–H and O–H groups in total. The van der Waals surface area contributed by atoms with Crippen LogP contribution < -0.4 is 0 Å². The standard InChI is InChI=1S/C11H25O4P/c1-3-5-7-11(8-6-4-2)9-10-15-16(12,13)14/h11H,3-10H2,1-2H3,(H2,12,13,14). The van der Waals surface area contributed by atoms with E-state index in [1.807, 2.05) is 0 Å². The van der Waals surface area contributed by atoms with E-state index in [4.69, 9.17) is 9.79 Å². The summed E-state index contributed by atoms with van der Waals surface area (Å²) in [4.78, 5) is 17.1. The summed E-state index contributed by atoms with van der Waals surface area (Å²) in [6, 6.07) is 0. The molecule has 4 nitrogen and oxygen atoms in total. The molecule has 0 saturated carbocycles. The summed E-state index contributed by atoms with van der Waals surface area (Å²) < 4.78 is 15.0. The Balaban J connectivity index is 3.76. The molecule has 98 valence electrons. The van der Waals surface area contributed by atoms with Gasteiger partial charge in [0.25, 0.3) is 0 Å². The number of phosphoric ester groups is 1. The molecule has 5 heteroatoms. The molecule has 0 fully saturated rings. The summed E-state index contributed by atoms with van der Waals surface area (Å²) >= 11 is 0. The van der Waals surface area contributed by atoms with Gasteiger partial charge in [0, 0.05) is 0 Å². The van der Waals surface area contributed by atoms with Crippen molar-refractivity contribution in [2.24, 2.45) is 5.92 Å². The van der Waals surface area contributed by atoms with Crippen molar-refractivity contribution in [3.8, 4) is 0 Å². The third-order valence-electron chi connectivity index (χ3n) is 2.72. The zero-order chi connectivity index (χ0) is 12.4. The van der Waals surface area contributed by atoms with Gasteiger partial charge < -0.3 is 9.79 Å². The molecule has 0 atom stereocenters. The number of rotatable bonds is 10. The van der Waals surface area contributed by atoms with Crippen LogP contribution in [-0.2, 0) is 9.09 Å². The van der Waals surface area contributed by atoms with E-state index in [0.29, 0.717) is 5.92 Å². The zero-order valence-electron chi connectivity index (χ0n) is 10.4. The Morgan fingerprint density at radius 3 is 1.94 bits per heavy atom. The molecular formula is C11H25O4P. The minimum absolute atomic E-state index is 0.169. The van der Waals surface area contributed by atoms with Gasteiger partial charge in [0.05, 0.1) is 6.61 Å². The highest BCUT2D eigenvalue weighted by Gasteiger charge is 2.15. The average Bonchev–Trinajstić information content (AvgIpc) is 2.19. The van der Waals surface area contributed by atoms with Gasteiger partial charge in [-0.15, -0.1) is 0 Å². The predicted octanol–water partition coefficient (Wildman–Crippen LogP) is 3.48. The third-order valence-corrected chi connectivity index (χ3v) is 3.24. The Labute approximate surface area is 98.6 Å². The molecule has 0 aliphatic carbocycles. The van der Waals surface area contributed by atoms with Gasteiger partial charge in [-0.1, -0.05) is 52.4 Å². The molecule has 0 radical (unpaired) electrons. The molecule has 0 spiro atoms. The summed E-state index contributed by atoms with van der Waals surface area (Å²) in [5.41, 5.74) is 0. The van der Waals surface area contributed by atoms with Crippen molar-refractivity contribution in [3.05, 3.63) is 0 Å². The maximum absolute atomic E-state index is 10.5. The van der Waals surface area contributed by atoms with Crippen molar-refractivity contribution in [2.75, 3.05) is 6.61 Å². The van der Waals surface area contributed by atoms with Crippen molar-refractivity contribution >= 4 is 7.82 Å². The summed E-state index contributed by atoms with van der Waals surface area (Å²) in [6.45, 7) is 4.48. The zero-order valence-corrected chi connectivity index (χ0v) is 11.3. The van der Waals surface area contributed by atoms with Gasteiger partial charge in [-0.05, 0) is 12.3 Å². The number of hydrogen-bond acceptors (Lipinski definition) is 2. The fourth-order valence-corrected chi connectivity index (χ4v) is 2.10. The molecule has 0 aliphatic rings. The highest BCUT2D eigenvalue weighted by atomic mass is 31.2. The van der Waals surface area contributed by atoms with Gasteiger partial charge in [0.15, 0.2) is 0 Å². The van der Waals surface area contributed by atoms with Gasteiger partial charge in [-0.3, -0.25) is 4.52 Å². The normalized spacial score (nSPS) is 12.3. The van der Waals surface area contributed by atoms with Crippen LogP contribution >= 0.6 is 7.82 Å². The number of phosphoric acid groups is 1. The minimum atomic E-state index is -4.27. The molecular weight excluding hydrogens is 227 g/mol. The first-order valence-electron chi connectivity index (χ1n) is 6.19. The summed E-state index contributed by atoms with van der Waals surface area (Å²) in [6.07, 6.45) is 7.74. The lowest BCUT2D eigenvalue weighted by Gasteiger charge is -2.16. The highest BCUT2D eigenvalue weighted by Crippen LogP contribution is 2.36. The van der Waals surface area contributed by atoms with E-state index in [0.717, 1.165) is 19.3 Å². The van der Waals surface area contributed by atoms with E-state index in [-0.39, 0.29) is 6.61 Å². The number of hydrogen-bond donors (Lipinski definition) is 2. The van der Waals surface area contributed by atoms with Gasteiger partial charge in [0.1, 0.15) is 0 Å². The predicted molar refractivity (Wildman–Crippen MR) is 65.2 cm³/mol. The van der Waals surface area contributed by atoms with E-state index < -0.39 is 7.82 Å². The Morgan fingerprint density at radius 2 is 1.56 bits per heavy atom. The largest absolute Gasteiger partial charge is 0.469 e. The molecule has 0 aliphatic heterocycles. The number of unbranched alkanes of at least 4 members (excludes halogenated alkanes) is 2. The van der Waals surface area contributed by atoms with Crippen molar-refractivity contribution in [1.82, 2.24) is 0 Å². The lowest BCUT2D eigenvalue weighted by Crippen LogP contribution is -2.05. The first-order chi connectivity index (χ1) is 7.49. The van der Waals surface area contributed by atoms with E-state index in [2.05, 4.69) is 18.4 Å². The van der Waals surface area contributed by atoms with E-state index in [1.54, 1.807) is 0 Å². The Kier molecular flexibility index (Phi) is 9.24. The van der Waals surface area contributed by atoms with E-state index in [9.17, 15) is 4.57 Å². The Morgan fingerprint density at radius 1 is 1.06 bits per heavy atom. The molecule has 0 aromatic rings. The third kappa shape index (κ3) is 10.6. The molecule has 0 aromatic heterocycles. The molecule has 0 heterocycles. The van der Waals surface area contributed by atoms with Crippen LogP contribution in [0.4, 0.5) is 0 Å². The molecule has 0 amide bonds. The second-order valence-electron chi connectivity index (χ2n) is 4.26. The van der Waals surface area contributed by atoms with Crippen molar-refractivity contribution in [3.63, 3.8) is 0 Å². The quantitative estimate of drug-likeness (QED) is 0.584. The molecule has 16 heavy (non-hydrogen) atoms.